The van der Waals surface area contributed by atoms with Crippen molar-refractivity contribution in [2.45, 2.75) is 12.8 Å². The predicted octanol–water partition coefficient (Wildman–Crippen LogP) is 1.85. The third-order valence-electron chi connectivity index (χ3n) is 2.38. The number of hydrogen-bond acceptors (Lipinski definition) is 2. The van der Waals surface area contributed by atoms with E-state index >= 15 is 0 Å². The van der Waals surface area contributed by atoms with Crippen molar-refractivity contribution in [3.05, 3.63) is 35.9 Å². The lowest BCUT2D eigenvalue weighted by molar-refractivity contribution is -0.125. The number of carbonyl (C=O) groups excluding carboxylic acids is 2. The second-order valence-electron chi connectivity index (χ2n) is 3.37. The number of hydrogen-bond donors (Lipinski definition) is 0. The highest BCUT2D eigenvalue weighted by Crippen LogP contribution is 2.26. The van der Waals surface area contributed by atoms with Gasteiger partial charge in [0.2, 0.25) is 0 Å². The summed E-state index contributed by atoms with van der Waals surface area (Å²) in [4.78, 5) is 22.3. The molecule has 1 aromatic rings. The zero-order valence-electron chi connectivity index (χ0n) is 7.19. The molecule has 0 amide bonds. The lowest BCUT2D eigenvalue weighted by Crippen LogP contribution is -2.30. The normalized spacial score (nSPS) is 16.8. The van der Waals surface area contributed by atoms with Crippen molar-refractivity contribution in [2.24, 2.45) is 5.92 Å². The van der Waals surface area contributed by atoms with Gasteiger partial charge in [-0.2, -0.15) is 0 Å². The van der Waals surface area contributed by atoms with Crippen LogP contribution in [0.5, 0.6) is 0 Å². The first-order valence-electron chi connectivity index (χ1n) is 4.38. The van der Waals surface area contributed by atoms with Crippen LogP contribution in [-0.4, -0.2) is 11.6 Å². The van der Waals surface area contributed by atoms with E-state index in [9.17, 15) is 9.59 Å². The van der Waals surface area contributed by atoms with Crippen LogP contribution in [0.1, 0.15) is 23.2 Å². The summed E-state index contributed by atoms with van der Waals surface area (Å²) in [5, 5.41) is 0. The molecule has 2 nitrogen and oxygen atoms in total. The molecule has 1 aliphatic rings. The summed E-state index contributed by atoms with van der Waals surface area (Å²) >= 11 is 0. The Morgan fingerprint density at radius 3 is 2.31 bits per heavy atom. The first kappa shape index (κ1) is 8.17. The molecule has 0 saturated heterocycles. The molecule has 1 aliphatic carbocycles. The van der Waals surface area contributed by atoms with Gasteiger partial charge in [0, 0.05) is 24.3 Å². The molecule has 66 valence electrons. The van der Waals surface area contributed by atoms with Crippen molar-refractivity contribution >= 4 is 11.6 Å². The van der Waals surface area contributed by atoms with E-state index in [1.54, 1.807) is 12.1 Å². The van der Waals surface area contributed by atoms with Gasteiger partial charge < -0.3 is 0 Å². The third kappa shape index (κ3) is 1.52. The van der Waals surface area contributed by atoms with E-state index < -0.39 is 0 Å². The quantitative estimate of drug-likeness (QED) is 0.641. The van der Waals surface area contributed by atoms with Crippen LogP contribution in [-0.2, 0) is 4.79 Å². The van der Waals surface area contributed by atoms with Crippen LogP contribution in [0.15, 0.2) is 30.3 Å². The Morgan fingerprint density at radius 2 is 1.77 bits per heavy atom. The molecule has 0 spiro atoms. The molecule has 0 N–H and O–H groups in total. The maximum atomic E-state index is 11.6. The zero-order valence-corrected chi connectivity index (χ0v) is 7.19. The standard InChI is InChI=1S/C11H10O2/c12-10-6-9(7-10)11(13)8-4-2-1-3-5-8/h1-5,9H,6-7H2. The van der Waals surface area contributed by atoms with Gasteiger partial charge in [-0.25, -0.2) is 0 Å². The van der Waals surface area contributed by atoms with Gasteiger partial charge >= 0.3 is 0 Å². The van der Waals surface area contributed by atoms with Gasteiger partial charge in [-0.3, -0.25) is 9.59 Å². The Kier molecular flexibility index (Phi) is 1.97. The molecule has 0 unspecified atom stereocenters. The van der Waals surface area contributed by atoms with Crippen LogP contribution in [0, 0.1) is 5.92 Å². The van der Waals surface area contributed by atoms with E-state index in [4.69, 9.17) is 0 Å². The highest BCUT2D eigenvalue weighted by molar-refractivity contribution is 6.05. The SMILES string of the molecule is O=C1CC(C(=O)c2ccccc2)C1. The van der Waals surface area contributed by atoms with Crippen molar-refractivity contribution < 1.29 is 9.59 Å². The molecule has 0 aromatic heterocycles. The first-order valence-corrected chi connectivity index (χ1v) is 4.38. The Balaban J connectivity index is 2.10. The van der Waals surface area contributed by atoms with E-state index in [1.165, 1.54) is 0 Å². The fourth-order valence-corrected chi connectivity index (χ4v) is 1.51. The molecule has 2 rings (SSSR count). The van der Waals surface area contributed by atoms with Crippen LogP contribution < -0.4 is 0 Å². The Bertz CT molecular complexity index is 332. The summed E-state index contributed by atoms with van der Waals surface area (Å²) in [6, 6.07) is 9.15. The number of rotatable bonds is 2. The van der Waals surface area contributed by atoms with Crippen LogP contribution >= 0.6 is 0 Å². The van der Waals surface area contributed by atoms with Gasteiger partial charge in [0.05, 0.1) is 0 Å². The highest BCUT2D eigenvalue weighted by atomic mass is 16.1. The molecular weight excluding hydrogens is 164 g/mol. The number of ketones is 2. The number of Topliss-reactive ketones (excluding diaryl/α,β-unsaturated/α-hetero) is 2. The number of benzene rings is 1. The molecule has 0 atom stereocenters. The van der Waals surface area contributed by atoms with Crippen molar-refractivity contribution in [1.82, 2.24) is 0 Å². The van der Waals surface area contributed by atoms with Crippen LogP contribution in [0.3, 0.4) is 0 Å². The van der Waals surface area contributed by atoms with E-state index in [0.29, 0.717) is 12.8 Å². The van der Waals surface area contributed by atoms with E-state index in [2.05, 4.69) is 0 Å². The molecule has 13 heavy (non-hydrogen) atoms. The summed E-state index contributed by atoms with van der Waals surface area (Å²) in [5.41, 5.74) is 0.722. The molecule has 0 bridgehead atoms. The van der Waals surface area contributed by atoms with Crippen molar-refractivity contribution in [3.8, 4) is 0 Å². The van der Waals surface area contributed by atoms with Gasteiger partial charge in [-0.15, -0.1) is 0 Å². The van der Waals surface area contributed by atoms with Gasteiger partial charge in [0.15, 0.2) is 5.78 Å². The molecule has 0 radical (unpaired) electrons. The van der Waals surface area contributed by atoms with E-state index in [1.807, 2.05) is 18.2 Å². The largest absolute Gasteiger partial charge is 0.300 e. The van der Waals surface area contributed by atoms with Gasteiger partial charge in [-0.05, 0) is 0 Å². The predicted molar refractivity (Wildman–Crippen MR) is 48.5 cm³/mol. The first-order chi connectivity index (χ1) is 6.27. The summed E-state index contributed by atoms with van der Waals surface area (Å²) in [6.45, 7) is 0. The lowest BCUT2D eigenvalue weighted by atomic mass is 9.79. The second kappa shape index (κ2) is 3.13. The molecule has 2 heteroatoms. The van der Waals surface area contributed by atoms with E-state index in [0.717, 1.165) is 5.56 Å². The smallest absolute Gasteiger partial charge is 0.166 e. The molecule has 1 fully saturated rings. The lowest BCUT2D eigenvalue weighted by Gasteiger charge is -2.22. The Labute approximate surface area is 76.6 Å². The van der Waals surface area contributed by atoms with Crippen molar-refractivity contribution in [3.63, 3.8) is 0 Å². The fraction of sp³-hybridized carbons (Fsp3) is 0.273. The topological polar surface area (TPSA) is 34.1 Å². The minimum atomic E-state index is -0.0464. The minimum Gasteiger partial charge on any atom is -0.300 e. The number of carbonyl (C=O) groups is 2. The fourth-order valence-electron chi connectivity index (χ4n) is 1.51. The maximum Gasteiger partial charge on any atom is 0.166 e. The van der Waals surface area contributed by atoms with Crippen LogP contribution in [0.4, 0.5) is 0 Å². The Morgan fingerprint density at radius 1 is 1.15 bits per heavy atom. The van der Waals surface area contributed by atoms with Gasteiger partial charge in [0.1, 0.15) is 5.78 Å². The van der Waals surface area contributed by atoms with Crippen LogP contribution in [0.25, 0.3) is 0 Å². The second-order valence-corrected chi connectivity index (χ2v) is 3.37. The summed E-state index contributed by atoms with van der Waals surface area (Å²) in [7, 11) is 0. The average Bonchev–Trinajstić information content (AvgIpc) is 2.13. The summed E-state index contributed by atoms with van der Waals surface area (Å²) in [5.74, 6) is 0.268. The molecule has 0 heterocycles. The zero-order chi connectivity index (χ0) is 9.26. The average molecular weight is 174 g/mol. The van der Waals surface area contributed by atoms with Crippen LogP contribution in [0.2, 0.25) is 0 Å². The Hall–Kier alpha value is -1.44. The monoisotopic (exact) mass is 174 g/mol. The third-order valence-corrected chi connectivity index (χ3v) is 2.38. The van der Waals surface area contributed by atoms with E-state index in [-0.39, 0.29) is 17.5 Å². The van der Waals surface area contributed by atoms with Gasteiger partial charge in [-0.1, -0.05) is 30.3 Å². The summed E-state index contributed by atoms with van der Waals surface area (Å²) in [6.07, 6.45) is 0.876. The molecule has 1 saturated carbocycles. The minimum absolute atomic E-state index is 0.0464. The molecular formula is C11H10O2. The maximum absolute atomic E-state index is 11.6. The van der Waals surface area contributed by atoms with Crippen molar-refractivity contribution in [2.75, 3.05) is 0 Å². The highest BCUT2D eigenvalue weighted by Gasteiger charge is 2.32. The molecule has 0 aliphatic heterocycles. The van der Waals surface area contributed by atoms with Gasteiger partial charge in [0.25, 0.3) is 0 Å². The summed E-state index contributed by atoms with van der Waals surface area (Å²) < 4.78 is 0. The molecule has 1 aromatic carbocycles. The van der Waals surface area contributed by atoms with Crippen molar-refractivity contribution in [1.29, 1.82) is 0 Å².